The summed E-state index contributed by atoms with van der Waals surface area (Å²) in [4.78, 5) is 12.0. The van der Waals surface area contributed by atoms with E-state index in [1.807, 2.05) is 6.07 Å². The first kappa shape index (κ1) is 20.7. The zero-order valence-corrected chi connectivity index (χ0v) is 17.4. The number of ether oxygens (including phenoxy) is 1. The summed E-state index contributed by atoms with van der Waals surface area (Å²) in [5.74, 6) is 0. The Hall–Kier alpha value is -1.63. The summed E-state index contributed by atoms with van der Waals surface area (Å²) in [5.41, 5.74) is -0.193. The van der Waals surface area contributed by atoms with Gasteiger partial charge < -0.3 is 10.1 Å². The Morgan fingerprint density at radius 3 is 2.46 bits per heavy atom. The first-order chi connectivity index (χ1) is 12.0. The first-order valence-electron chi connectivity index (χ1n) is 8.22. The number of alkyl carbamates (subject to hydrolysis) is 1. The zero-order chi connectivity index (χ0) is 19.5. The molecule has 2 rings (SSSR count). The number of sulfonamides is 1. The number of carbonyl (C=O) groups excluding carboxylic acids is 1. The van der Waals surface area contributed by atoms with E-state index >= 15 is 0 Å². The van der Waals surface area contributed by atoms with Crippen molar-refractivity contribution in [2.45, 2.75) is 50.2 Å². The van der Waals surface area contributed by atoms with E-state index < -0.39 is 21.7 Å². The molecule has 0 bridgehead atoms. The van der Waals surface area contributed by atoms with Gasteiger partial charge in [0.05, 0.1) is 10.5 Å². The van der Waals surface area contributed by atoms with Gasteiger partial charge in [-0.05, 0) is 67.7 Å². The molecule has 0 atom stereocenters. The molecule has 1 heterocycles. The van der Waals surface area contributed by atoms with Crippen LogP contribution in [0.1, 0.15) is 39.2 Å². The quantitative estimate of drug-likeness (QED) is 0.773. The van der Waals surface area contributed by atoms with Crippen molar-refractivity contribution in [3.8, 4) is 6.07 Å². The van der Waals surface area contributed by atoms with Gasteiger partial charge in [0.15, 0.2) is 0 Å². The average Bonchev–Trinajstić information content (AvgIpc) is 2.53. The van der Waals surface area contributed by atoms with E-state index in [0.29, 0.717) is 36.0 Å². The highest BCUT2D eigenvalue weighted by molar-refractivity contribution is 9.10. The van der Waals surface area contributed by atoms with Gasteiger partial charge in [-0.3, -0.25) is 0 Å². The highest BCUT2D eigenvalue weighted by Gasteiger charge is 2.31. The SMILES string of the molecule is CC(C)(C)OC(=O)NC1CCN(S(=O)(=O)c2ccc(C#N)c(Br)c2)CC1. The molecule has 1 fully saturated rings. The van der Waals surface area contributed by atoms with Crippen molar-refractivity contribution in [2.75, 3.05) is 13.1 Å². The molecule has 1 aromatic rings. The topological polar surface area (TPSA) is 99.5 Å². The van der Waals surface area contributed by atoms with Crippen molar-refractivity contribution in [1.29, 1.82) is 5.26 Å². The van der Waals surface area contributed by atoms with Crippen molar-refractivity contribution in [3.05, 3.63) is 28.2 Å². The molecule has 0 radical (unpaired) electrons. The molecule has 142 valence electrons. The molecule has 0 aliphatic carbocycles. The third-order valence-corrected chi connectivity index (χ3v) is 6.42. The van der Waals surface area contributed by atoms with Crippen LogP contribution in [0, 0.1) is 11.3 Å². The molecule has 0 spiro atoms. The fraction of sp³-hybridized carbons (Fsp3) is 0.529. The lowest BCUT2D eigenvalue weighted by atomic mass is 10.1. The molecule has 1 aliphatic rings. The van der Waals surface area contributed by atoms with E-state index in [9.17, 15) is 13.2 Å². The highest BCUT2D eigenvalue weighted by atomic mass is 79.9. The second-order valence-electron chi connectivity index (χ2n) is 7.08. The van der Waals surface area contributed by atoms with Gasteiger partial charge in [-0.1, -0.05) is 0 Å². The van der Waals surface area contributed by atoms with Gasteiger partial charge in [0.2, 0.25) is 10.0 Å². The summed E-state index contributed by atoms with van der Waals surface area (Å²) in [6.07, 6.45) is 0.529. The van der Waals surface area contributed by atoms with Crippen LogP contribution in [0.5, 0.6) is 0 Å². The number of benzene rings is 1. The Labute approximate surface area is 162 Å². The van der Waals surface area contributed by atoms with Crippen LogP contribution < -0.4 is 5.32 Å². The van der Waals surface area contributed by atoms with Crippen molar-refractivity contribution in [2.24, 2.45) is 0 Å². The second kappa shape index (κ2) is 7.94. The number of rotatable bonds is 3. The number of amides is 1. The van der Waals surface area contributed by atoms with E-state index in [0.717, 1.165) is 0 Å². The number of carbonyl (C=O) groups is 1. The molecule has 1 aliphatic heterocycles. The fourth-order valence-corrected chi connectivity index (χ4v) is 4.73. The van der Waals surface area contributed by atoms with Gasteiger partial charge in [0, 0.05) is 23.6 Å². The van der Waals surface area contributed by atoms with Crippen LogP contribution >= 0.6 is 15.9 Å². The van der Waals surface area contributed by atoms with E-state index in [1.165, 1.54) is 22.5 Å². The molecule has 9 heteroatoms. The van der Waals surface area contributed by atoms with Crippen LogP contribution in [-0.2, 0) is 14.8 Å². The fourth-order valence-electron chi connectivity index (χ4n) is 2.61. The van der Waals surface area contributed by atoms with E-state index in [4.69, 9.17) is 10.00 Å². The van der Waals surface area contributed by atoms with Crippen molar-refractivity contribution >= 4 is 32.0 Å². The van der Waals surface area contributed by atoms with Crippen LogP contribution in [0.25, 0.3) is 0 Å². The normalized spacial score (nSPS) is 16.7. The molecule has 1 N–H and O–H groups in total. The van der Waals surface area contributed by atoms with Crippen molar-refractivity contribution in [3.63, 3.8) is 0 Å². The Kier molecular flexibility index (Phi) is 6.32. The molecule has 1 saturated heterocycles. The van der Waals surface area contributed by atoms with Crippen LogP contribution in [0.2, 0.25) is 0 Å². The third-order valence-electron chi connectivity index (χ3n) is 3.87. The summed E-state index contributed by atoms with van der Waals surface area (Å²) in [6.45, 7) is 5.98. The number of nitrogens with zero attached hydrogens (tertiary/aromatic N) is 2. The monoisotopic (exact) mass is 443 g/mol. The van der Waals surface area contributed by atoms with Crippen LogP contribution in [0.4, 0.5) is 4.79 Å². The molecular weight excluding hydrogens is 422 g/mol. The van der Waals surface area contributed by atoms with E-state index in [2.05, 4.69) is 21.2 Å². The van der Waals surface area contributed by atoms with E-state index in [1.54, 1.807) is 20.8 Å². The lowest BCUT2D eigenvalue weighted by Crippen LogP contribution is -2.47. The number of hydrogen-bond acceptors (Lipinski definition) is 5. The molecule has 1 amide bonds. The van der Waals surface area contributed by atoms with E-state index in [-0.39, 0.29) is 10.9 Å². The number of hydrogen-bond donors (Lipinski definition) is 1. The number of piperidine rings is 1. The van der Waals surface area contributed by atoms with Crippen LogP contribution in [0.3, 0.4) is 0 Å². The minimum atomic E-state index is -3.64. The zero-order valence-electron chi connectivity index (χ0n) is 15.0. The minimum Gasteiger partial charge on any atom is -0.444 e. The Balaban J connectivity index is 1.99. The van der Waals surface area contributed by atoms with Crippen molar-refractivity contribution in [1.82, 2.24) is 9.62 Å². The Morgan fingerprint density at radius 2 is 1.96 bits per heavy atom. The first-order valence-corrected chi connectivity index (χ1v) is 10.5. The predicted octanol–water partition coefficient (Wildman–Crippen LogP) is 3.00. The van der Waals surface area contributed by atoms with Crippen molar-refractivity contribution < 1.29 is 17.9 Å². The summed E-state index contributed by atoms with van der Waals surface area (Å²) < 4.78 is 32.6. The maximum absolute atomic E-state index is 12.8. The molecule has 26 heavy (non-hydrogen) atoms. The maximum atomic E-state index is 12.8. The number of halogens is 1. The Morgan fingerprint density at radius 1 is 1.35 bits per heavy atom. The smallest absolute Gasteiger partial charge is 0.407 e. The lowest BCUT2D eigenvalue weighted by Gasteiger charge is -2.32. The van der Waals surface area contributed by atoms with Gasteiger partial charge in [-0.2, -0.15) is 9.57 Å². The van der Waals surface area contributed by atoms with Gasteiger partial charge >= 0.3 is 6.09 Å². The van der Waals surface area contributed by atoms with Gasteiger partial charge in [-0.25, -0.2) is 13.2 Å². The van der Waals surface area contributed by atoms with Gasteiger partial charge in [0.25, 0.3) is 0 Å². The number of nitrogens with one attached hydrogen (secondary N) is 1. The maximum Gasteiger partial charge on any atom is 0.407 e. The standard InChI is InChI=1S/C17H22BrN3O4S/c1-17(2,3)25-16(22)20-13-6-8-21(9-7-13)26(23,24)14-5-4-12(11-19)15(18)10-14/h4-5,10,13H,6-9H2,1-3H3,(H,20,22). The summed E-state index contributed by atoms with van der Waals surface area (Å²) in [7, 11) is -3.64. The summed E-state index contributed by atoms with van der Waals surface area (Å²) in [6, 6.07) is 6.22. The summed E-state index contributed by atoms with van der Waals surface area (Å²) in [5, 5.41) is 11.7. The van der Waals surface area contributed by atoms with Crippen LogP contribution in [-0.4, -0.2) is 43.5 Å². The lowest BCUT2D eigenvalue weighted by molar-refractivity contribution is 0.0489. The largest absolute Gasteiger partial charge is 0.444 e. The predicted molar refractivity (Wildman–Crippen MR) is 100 cm³/mol. The molecule has 0 aromatic heterocycles. The number of nitriles is 1. The van der Waals surface area contributed by atoms with Crippen LogP contribution in [0.15, 0.2) is 27.6 Å². The Bertz CT molecular complexity index is 819. The third kappa shape index (κ3) is 5.19. The molecule has 0 saturated carbocycles. The molecule has 1 aromatic carbocycles. The van der Waals surface area contributed by atoms with Gasteiger partial charge in [0.1, 0.15) is 11.7 Å². The van der Waals surface area contributed by atoms with Gasteiger partial charge in [-0.15, -0.1) is 0 Å². The average molecular weight is 444 g/mol. The molecular formula is C17H22BrN3O4S. The summed E-state index contributed by atoms with van der Waals surface area (Å²) >= 11 is 3.22. The highest BCUT2D eigenvalue weighted by Crippen LogP contribution is 2.25. The second-order valence-corrected chi connectivity index (χ2v) is 9.87. The molecule has 7 nitrogen and oxygen atoms in total. The molecule has 0 unspecified atom stereocenters. The minimum absolute atomic E-state index is 0.121.